The molecule has 0 bridgehead atoms. The quantitative estimate of drug-likeness (QED) is 0.877. The van der Waals surface area contributed by atoms with Gasteiger partial charge in [0.2, 0.25) is 0 Å². The molecule has 0 aliphatic rings. The van der Waals surface area contributed by atoms with Gasteiger partial charge in [-0.1, -0.05) is 29.8 Å². The number of amides is 1. The van der Waals surface area contributed by atoms with E-state index in [1.807, 2.05) is 32.0 Å². The summed E-state index contributed by atoms with van der Waals surface area (Å²) in [6, 6.07) is 11.6. The Kier molecular flexibility index (Phi) is 4.71. The molecule has 20 heavy (non-hydrogen) atoms. The second-order valence-electron chi connectivity index (χ2n) is 4.63. The van der Waals surface area contributed by atoms with Crippen molar-refractivity contribution in [3.63, 3.8) is 0 Å². The Bertz CT molecular complexity index is 596. The number of rotatable bonds is 5. The molecule has 0 aliphatic heterocycles. The van der Waals surface area contributed by atoms with Crippen LogP contribution in [0.2, 0.25) is 0 Å². The molecular weight excluding hydrogens is 250 g/mol. The Morgan fingerprint density at radius 1 is 1.25 bits per heavy atom. The van der Waals surface area contributed by atoms with E-state index < -0.39 is 0 Å². The molecule has 104 valence electrons. The van der Waals surface area contributed by atoms with Gasteiger partial charge in [-0.05, 0) is 31.5 Å². The lowest BCUT2D eigenvalue weighted by atomic mass is 10.1. The van der Waals surface area contributed by atoms with E-state index in [1.165, 1.54) is 5.56 Å². The van der Waals surface area contributed by atoms with Gasteiger partial charge in [-0.2, -0.15) is 0 Å². The van der Waals surface area contributed by atoms with Crippen molar-refractivity contribution >= 4 is 11.7 Å². The number of hydrogen-bond donors (Lipinski definition) is 2. The van der Waals surface area contributed by atoms with Crippen LogP contribution in [0, 0.1) is 6.92 Å². The fourth-order valence-electron chi connectivity index (χ4n) is 1.96. The molecule has 0 fully saturated rings. The number of aryl methyl sites for hydroxylation is 1. The zero-order chi connectivity index (χ0) is 14.4. The van der Waals surface area contributed by atoms with Crippen LogP contribution in [0.1, 0.15) is 28.4 Å². The van der Waals surface area contributed by atoms with Gasteiger partial charge in [0.05, 0.1) is 0 Å². The number of anilines is 1. The van der Waals surface area contributed by atoms with Crippen molar-refractivity contribution in [2.45, 2.75) is 20.4 Å². The van der Waals surface area contributed by atoms with Gasteiger partial charge in [0, 0.05) is 24.8 Å². The molecule has 4 heteroatoms. The molecule has 1 amide bonds. The van der Waals surface area contributed by atoms with Crippen LogP contribution in [0.3, 0.4) is 0 Å². The second-order valence-corrected chi connectivity index (χ2v) is 4.63. The topological polar surface area (TPSA) is 54.0 Å². The number of aromatic nitrogens is 1. The predicted molar refractivity (Wildman–Crippen MR) is 80.7 cm³/mol. The molecule has 0 unspecified atom stereocenters. The lowest BCUT2D eigenvalue weighted by Crippen LogP contribution is -2.23. The number of benzene rings is 1. The summed E-state index contributed by atoms with van der Waals surface area (Å²) >= 11 is 0. The molecule has 2 aromatic rings. The SMILES string of the molecule is CCNc1cc(C(=O)NCc2cccc(C)c2)ccn1. The van der Waals surface area contributed by atoms with Crippen LogP contribution in [0.4, 0.5) is 5.82 Å². The van der Waals surface area contributed by atoms with Crippen LogP contribution in [0.25, 0.3) is 0 Å². The number of carbonyl (C=O) groups is 1. The molecule has 0 saturated carbocycles. The Balaban J connectivity index is 1.99. The van der Waals surface area contributed by atoms with Crippen molar-refractivity contribution < 1.29 is 4.79 Å². The lowest BCUT2D eigenvalue weighted by Gasteiger charge is -2.07. The monoisotopic (exact) mass is 269 g/mol. The second kappa shape index (κ2) is 6.70. The van der Waals surface area contributed by atoms with Crippen LogP contribution in [-0.4, -0.2) is 17.4 Å². The summed E-state index contributed by atoms with van der Waals surface area (Å²) in [4.78, 5) is 16.2. The van der Waals surface area contributed by atoms with Crippen LogP contribution >= 0.6 is 0 Å². The minimum absolute atomic E-state index is 0.0898. The van der Waals surface area contributed by atoms with E-state index in [4.69, 9.17) is 0 Å². The fourth-order valence-corrected chi connectivity index (χ4v) is 1.96. The van der Waals surface area contributed by atoms with E-state index in [2.05, 4.69) is 21.7 Å². The standard InChI is InChI=1S/C16H19N3O/c1-3-17-15-10-14(7-8-18-15)16(20)19-11-13-6-4-5-12(2)9-13/h4-10H,3,11H2,1-2H3,(H,17,18)(H,19,20). The van der Waals surface area contributed by atoms with E-state index in [9.17, 15) is 4.79 Å². The first-order valence-electron chi connectivity index (χ1n) is 6.72. The predicted octanol–water partition coefficient (Wildman–Crippen LogP) is 2.75. The molecule has 0 spiro atoms. The molecule has 1 aromatic heterocycles. The van der Waals surface area contributed by atoms with E-state index in [0.29, 0.717) is 12.1 Å². The zero-order valence-electron chi connectivity index (χ0n) is 11.8. The number of nitrogens with one attached hydrogen (secondary N) is 2. The van der Waals surface area contributed by atoms with Gasteiger partial charge in [0.15, 0.2) is 0 Å². The summed E-state index contributed by atoms with van der Waals surface area (Å²) < 4.78 is 0. The smallest absolute Gasteiger partial charge is 0.251 e. The highest BCUT2D eigenvalue weighted by Gasteiger charge is 2.06. The van der Waals surface area contributed by atoms with E-state index in [0.717, 1.165) is 17.9 Å². The fraction of sp³-hybridized carbons (Fsp3) is 0.250. The Labute approximate surface area is 119 Å². The van der Waals surface area contributed by atoms with Crippen molar-refractivity contribution in [2.75, 3.05) is 11.9 Å². The molecule has 1 heterocycles. The number of pyridine rings is 1. The summed E-state index contributed by atoms with van der Waals surface area (Å²) in [6.45, 7) is 5.34. The van der Waals surface area contributed by atoms with Gasteiger partial charge in [0.25, 0.3) is 5.91 Å². The normalized spacial score (nSPS) is 10.1. The van der Waals surface area contributed by atoms with Gasteiger partial charge in [0.1, 0.15) is 5.82 Å². The molecule has 1 aromatic carbocycles. The number of carbonyl (C=O) groups excluding carboxylic acids is 1. The Morgan fingerprint density at radius 3 is 2.85 bits per heavy atom. The van der Waals surface area contributed by atoms with E-state index >= 15 is 0 Å². The van der Waals surface area contributed by atoms with Crippen LogP contribution < -0.4 is 10.6 Å². The highest BCUT2D eigenvalue weighted by atomic mass is 16.1. The largest absolute Gasteiger partial charge is 0.370 e. The third kappa shape index (κ3) is 3.82. The summed E-state index contributed by atoms with van der Waals surface area (Å²) in [5.41, 5.74) is 2.90. The summed E-state index contributed by atoms with van der Waals surface area (Å²) in [5.74, 6) is 0.628. The van der Waals surface area contributed by atoms with Crippen LogP contribution in [-0.2, 0) is 6.54 Å². The molecule has 2 rings (SSSR count). The van der Waals surface area contributed by atoms with Crippen LogP contribution in [0.15, 0.2) is 42.6 Å². The van der Waals surface area contributed by atoms with E-state index in [-0.39, 0.29) is 5.91 Å². The van der Waals surface area contributed by atoms with E-state index in [1.54, 1.807) is 18.3 Å². The summed E-state index contributed by atoms with van der Waals surface area (Å²) in [5, 5.41) is 6.01. The van der Waals surface area contributed by atoms with Gasteiger partial charge in [-0.25, -0.2) is 4.98 Å². The number of nitrogens with zero attached hydrogens (tertiary/aromatic N) is 1. The molecule has 4 nitrogen and oxygen atoms in total. The average molecular weight is 269 g/mol. The molecule has 2 N–H and O–H groups in total. The molecular formula is C16H19N3O. The van der Waals surface area contributed by atoms with Gasteiger partial charge < -0.3 is 10.6 Å². The average Bonchev–Trinajstić information content (AvgIpc) is 2.45. The third-order valence-electron chi connectivity index (χ3n) is 2.92. The molecule has 0 radical (unpaired) electrons. The lowest BCUT2D eigenvalue weighted by molar-refractivity contribution is 0.0951. The summed E-state index contributed by atoms with van der Waals surface area (Å²) in [7, 11) is 0. The maximum Gasteiger partial charge on any atom is 0.251 e. The zero-order valence-corrected chi connectivity index (χ0v) is 11.8. The minimum atomic E-state index is -0.0898. The molecule has 0 atom stereocenters. The van der Waals surface area contributed by atoms with Crippen molar-refractivity contribution in [3.05, 3.63) is 59.3 Å². The van der Waals surface area contributed by atoms with Gasteiger partial charge in [-0.3, -0.25) is 4.79 Å². The Morgan fingerprint density at radius 2 is 2.10 bits per heavy atom. The van der Waals surface area contributed by atoms with Crippen LogP contribution in [0.5, 0.6) is 0 Å². The molecule has 0 saturated heterocycles. The van der Waals surface area contributed by atoms with Crippen molar-refractivity contribution in [1.82, 2.24) is 10.3 Å². The maximum absolute atomic E-state index is 12.1. The number of hydrogen-bond acceptors (Lipinski definition) is 3. The maximum atomic E-state index is 12.1. The highest BCUT2D eigenvalue weighted by molar-refractivity contribution is 5.94. The summed E-state index contributed by atoms with van der Waals surface area (Å²) in [6.07, 6.45) is 1.64. The van der Waals surface area contributed by atoms with Crippen molar-refractivity contribution in [2.24, 2.45) is 0 Å². The first-order valence-corrected chi connectivity index (χ1v) is 6.72. The van der Waals surface area contributed by atoms with Gasteiger partial charge >= 0.3 is 0 Å². The first-order chi connectivity index (χ1) is 9.69. The third-order valence-corrected chi connectivity index (χ3v) is 2.92. The minimum Gasteiger partial charge on any atom is -0.370 e. The first kappa shape index (κ1) is 14.1. The highest BCUT2D eigenvalue weighted by Crippen LogP contribution is 2.08. The van der Waals surface area contributed by atoms with Gasteiger partial charge in [-0.15, -0.1) is 0 Å². The Hall–Kier alpha value is -2.36. The van der Waals surface area contributed by atoms with Crippen molar-refractivity contribution in [3.8, 4) is 0 Å². The van der Waals surface area contributed by atoms with Crippen molar-refractivity contribution in [1.29, 1.82) is 0 Å². The molecule has 0 aliphatic carbocycles.